The first-order chi connectivity index (χ1) is 13.4. The Morgan fingerprint density at radius 3 is 1.72 bits per heavy atom. The molecule has 0 fully saturated rings. The Morgan fingerprint density at radius 1 is 0.897 bits per heavy atom. The van der Waals surface area contributed by atoms with Crippen molar-refractivity contribution in [3.05, 3.63) is 11.3 Å². The van der Waals surface area contributed by atoms with Crippen molar-refractivity contribution >= 4 is 25.3 Å². The zero-order chi connectivity index (χ0) is 22.7. The van der Waals surface area contributed by atoms with Crippen LogP contribution < -0.4 is 5.73 Å². The second-order valence-corrected chi connectivity index (χ2v) is 10.9. The smallest absolute Gasteiger partial charge is 0.218 e. The molecule has 172 valence electrons. The third kappa shape index (κ3) is 10.6. The van der Waals surface area contributed by atoms with Gasteiger partial charge < -0.3 is 15.0 Å². The first-order valence-electron chi connectivity index (χ1n) is 10.6. The Morgan fingerprint density at radius 2 is 1.34 bits per heavy atom. The molecule has 0 aromatic heterocycles. The Hall–Kier alpha value is -0.170. The monoisotopic (exact) mass is 449 g/mol. The topological polar surface area (TPSA) is 68.0 Å². The van der Waals surface area contributed by atoms with E-state index in [0.717, 1.165) is 18.2 Å². The van der Waals surface area contributed by atoms with E-state index in [-0.39, 0.29) is 5.12 Å². The van der Waals surface area contributed by atoms with E-state index in [4.69, 9.17) is 15.0 Å². The first kappa shape index (κ1) is 28.8. The highest BCUT2D eigenvalue weighted by atomic mass is 32.2. The van der Waals surface area contributed by atoms with Crippen LogP contribution >= 0.6 is 20.2 Å². The summed E-state index contributed by atoms with van der Waals surface area (Å²) in [6.07, 6.45) is 0.798. The van der Waals surface area contributed by atoms with Crippen molar-refractivity contribution in [2.24, 2.45) is 5.73 Å². The van der Waals surface area contributed by atoms with Crippen molar-refractivity contribution in [2.75, 3.05) is 19.2 Å². The predicted octanol–water partition coefficient (Wildman–Crippen LogP) is 5.34. The molecule has 0 aliphatic carbocycles. The van der Waals surface area contributed by atoms with Crippen LogP contribution in [0, 0.1) is 0 Å². The van der Waals surface area contributed by atoms with Crippen LogP contribution in [-0.2, 0) is 14.1 Å². The maximum atomic E-state index is 11.9. The molecule has 8 heteroatoms. The number of hydrogen-bond acceptors (Lipinski definition) is 7. The number of ether oxygens (including phenoxy) is 1. The van der Waals surface area contributed by atoms with Gasteiger partial charge in [-0.15, -0.1) is 0 Å². The summed E-state index contributed by atoms with van der Waals surface area (Å²) < 4.78 is 17.0. The Bertz CT molecular complexity index is 473. The summed E-state index contributed by atoms with van der Waals surface area (Å²) in [7, 11) is -0.864. The van der Waals surface area contributed by atoms with Crippen molar-refractivity contribution < 1.29 is 14.1 Å². The molecule has 0 heterocycles. The molecular formula is C21H44N3O3PS. The van der Waals surface area contributed by atoms with Crippen LogP contribution in [0.5, 0.6) is 0 Å². The molecule has 0 aliphatic rings. The lowest BCUT2D eigenvalue weighted by molar-refractivity contribution is -0.108. The van der Waals surface area contributed by atoms with Gasteiger partial charge >= 0.3 is 0 Å². The molecular weight excluding hydrogens is 405 g/mol. The molecule has 0 atom stereocenters. The fourth-order valence-corrected chi connectivity index (χ4v) is 6.03. The highest BCUT2D eigenvalue weighted by Gasteiger charge is 2.34. The van der Waals surface area contributed by atoms with Gasteiger partial charge in [-0.1, -0.05) is 11.8 Å². The van der Waals surface area contributed by atoms with Gasteiger partial charge in [-0.3, -0.25) is 4.79 Å². The Kier molecular flexibility index (Phi) is 14.7. The molecule has 0 aromatic carbocycles. The van der Waals surface area contributed by atoms with E-state index in [1.165, 1.54) is 0 Å². The van der Waals surface area contributed by atoms with Crippen LogP contribution in [0.2, 0.25) is 0 Å². The molecule has 0 unspecified atom stereocenters. The summed E-state index contributed by atoms with van der Waals surface area (Å²) >= 11 is 1.15. The van der Waals surface area contributed by atoms with Crippen LogP contribution in [0.25, 0.3) is 0 Å². The average Bonchev–Trinajstić information content (AvgIpc) is 2.58. The van der Waals surface area contributed by atoms with Gasteiger partial charge in [-0.05, 0) is 75.7 Å². The summed E-state index contributed by atoms with van der Waals surface area (Å²) in [5.41, 5.74) is 6.80. The minimum Gasteiger partial charge on any atom is -0.402 e. The van der Waals surface area contributed by atoms with Crippen LogP contribution in [0.15, 0.2) is 11.3 Å². The number of nitrogens with two attached hydrogens (primary N) is 1. The molecule has 0 saturated heterocycles. The number of nitrogens with zero attached hydrogens (tertiary/aromatic N) is 2. The molecule has 6 nitrogen and oxygen atoms in total. The van der Waals surface area contributed by atoms with E-state index in [2.05, 4.69) is 64.7 Å². The van der Waals surface area contributed by atoms with E-state index in [0.29, 0.717) is 54.6 Å². The second-order valence-electron chi connectivity index (χ2n) is 8.34. The predicted molar refractivity (Wildman–Crippen MR) is 128 cm³/mol. The first-order valence-corrected chi connectivity index (χ1v) is 12.7. The molecule has 0 saturated carbocycles. The number of rotatable bonds is 14. The van der Waals surface area contributed by atoms with Gasteiger partial charge in [0.2, 0.25) is 5.12 Å². The number of hydrogen-bond donors (Lipinski definition) is 1. The van der Waals surface area contributed by atoms with Gasteiger partial charge in [0.05, 0.1) is 12.5 Å². The van der Waals surface area contributed by atoms with E-state index in [1.54, 1.807) is 13.8 Å². The van der Waals surface area contributed by atoms with Crippen molar-refractivity contribution in [2.45, 2.75) is 99.8 Å². The standard InChI is InChI=1S/C21H44N3O3PS/c1-15(2)23(16(3)4)28(24(17(5)6)18(7)8)27-13-11-12-26-14-29-21(25)19(9)20(10)22/h15-18H,11-14,22H2,1-10H3/b20-19+. The lowest BCUT2D eigenvalue weighted by atomic mass is 10.3. The molecule has 29 heavy (non-hydrogen) atoms. The van der Waals surface area contributed by atoms with Gasteiger partial charge in [0.1, 0.15) is 0 Å². The molecule has 0 bridgehead atoms. The second kappa shape index (κ2) is 14.8. The minimum absolute atomic E-state index is 0.0289. The minimum atomic E-state index is -0.864. The number of allylic oxidation sites excluding steroid dienone is 1. The molecule has 0 radical (unpaired) electrons. The molecule has 0 aliphatic heterocycles. The molecule has 2 N–H and O–H groups in total. The molecule has 0 spiro atoms. The highest BCUT2D eigenvalue weighted by Crippen LogP contribution is 2.50. The normalized spacial score (nSPS) is 13.7. The summed E-state index contributed by atoms with van der Waals surface area (Å²) in [5, 5.41) is -0.0289. The van der Waals surface area contributed by atoms with Gasteiger partial charge in [0.25, 0.3) is 0 Å². The highest BCUT2D eigenvalue weighted by molar-refractivity contribution is 8.14. The Labute approximate surface area is 184 Å². The summed E-state index contributed by atoms with van der Waals surface area (Å²) in [5.74, 6) is 0.340. The van der Waals surface area contributed by atoms with Crippen molar-refractivity contribution in [1.29, 1.82) is 0 Å². The van der Waals surface area contributed by atoms with Gasteiger partial charge in [0, 0.05) is 42.0 Å². The lowest BCUT2D eigenvalue weighted by Crippen LogP contribution is -2.43. The van der Waals surface area contributed by atoms with Crippen molar-refractivity contribution in [3.63, 3.8) is 0 Å². The van der Waals surface area contributed by atoms with E-state index < -0.39 is 8.45 Å². The lowest BCUT2D eigenvalue weighted by Gasteiger charge is -2.45. The fourth-order valence-electron chi connectivity index (χ4n) is 2.97. The number of carbonyl (C=O) groups is 1. The Balaban J connectivity index is 4.69. The third-order valence-electron chi connectivity index (χ3n) is 4.32. The SMILES string of the molecule is C/C(N)=C(/C)C(=O)SCOCCCOP(N(C(C)C)C(C)C)N(C(C)C)C(C)C. The largest absolute Gasteiger partial charge is 0.402 e. The summed E-state index contributed by atoms with van der Waals surface area (Å²) in [6, 6.07) is 1.62. The molecule has 0 aromatic rings. The van der Waals surface area contributed by atoms with Crippen LogP contribution in [0.1, 0.15) is 75.7 Å². The summed E-state index contributed by atoms with van der Waals surface area (Å²) in [4.78, 5) is 11.9. The molecule has 0 rings (SSSR count). The average molecular weight is 450 g/mol. The maximum absolute atomic E-state index is 11.9. The van der Waals surface area contributed by atoms with E-state index >= 15 is 0 Å². The third-order valence-corrected chi connectivity index (χ3v) is 8.23. The van der Waals surface area contributed by atoms with Crippen LogP contribution in [0.4, 0.5) is 0 Å². The quantitative estimate of drug-likeness (QED) is 0.166. The van der Waals surface area contributed by atoms with Crippen LogP contribution in [-0.4, -0.2) is 57.8 Å². The molecule has 0 amide bonds. The number of thioether (sulfide) groups is 1. The van der Waals surface area contributed by atoms with E-state index in [1.807, 2.05) is 0 Å². The van der Waals surface area contributed by atoms with Gasteiger partial charge in [-0.25, -0.2) is 9.34 Å². The fraction of sp³-hybridized carbons (Fsp3) is 0.857. The van der Waals surface area contributed by atoms with Crippen molar-refractivity contribution in [1.82, 2.24) is 9.34 Å². The zero-order valence-electron chi connectivity index (χ0n) is 20.2. The summed E-state index contributed by atoms with van der Waals surface area (Å²) in [6.45, 7) is 22.5. The van der Waals surface area contributed by atoms with E-state index in [9.17, 15) is 4.79 Å². The zero-order valence-corrected chi connectivity index (χ0v) is 21.9. The van der Waals surface area contributed by atoms with Crippen LogP contribution in [0.3, 0.4) is 0 Å². The van der Waals surface area contributed by atoms with Gasteiger partial charge in [0.15, 0.2) is 8.45 Å². The van der Waals surface area contributed by atoms with Gasteiger partial charge in [-0.2, -0.15) is 0 Å². The number of carbonyl (C=O) groups excluding carboxylic acids is 1. The van der Waals surface area contributed by atoms with Crippen molar-refractivity contribution in [3.8, 4) is 0 Å². The maximum Gasteiger partial charge on any atom is 0.218 e.